The van der Waals surface area contributed by atoms with E-state index in [2.05, 4.69) is 34.8 Å². The van der Waals surface area contributed by atoms with Gasteiger partial charge in [0.25, 0.3) is 0 Å². The van der Waals surface area contributed by atoms with E-state index in [1.165, 1.54) is 6.07 Å². The summed E-state index contributed by atoms with van der Waals surface area (Å²) in [5.74, 6) is 1.52. The van der Waals surface area contributed by atoms with E-state index in [4.69, 9.17) is 15.0 Å². The number of hydrogen-bond acceptors (Lipinski definition) is 8. The Morgan fingerprint density at radius 2 is 1.97 bits per heavy atom. The van der Waals surface area contributed by atoms with Gasteiger partial charge in [-0.15, -0.1) is 0 Å². The molecule has 0 radical (unpaired) electrons. The van der Waals surface area contributed by atoms with Crippen molar-refractivity contribution in [2.24, 2.45) is 0 Å². The van der Waals surface area contributed by atoms with Gasteiger partial charge in [0.2, 0.25) is 0 Å². The maximum Gasteiger partial charge on any atom is 0.171 e. The first-order valence-corrected chi connectivity index (χ1v) is 13.4. The summed E-state index contributed by atoms with van der Waals surface area (Å²) in [5.41, 5.74) is 4.65. The molecule has 0 fully saturated rings. The molecule has 2 aromatic carbocycles. The number of aromatic hydroxyl groups is 1. The van der Waals surface area contributed by atoms with Crippen molar-refractivity contribution in [2.45, 2.75) is 31.0 Å². The van der Waals surface area contributed by atoms with E-state index in [0.717, 1.165) is 28.2 Å². The van der Waals surface area contributed by atoms with E-state index in [1.54, 1.807) is 42.2 Å². The molecule has 0 spiro atoms. The molecule has 10 heteroatoms. The number of rotatable bonds is 6. The number of halogens is 1. The van der Waals surface area contributed by atoms with Crippen LogP contribution in [0, 0.1) is 17.1 Å². The number of aromatic nitrogens is 5. The second-order valence-electron chi connectivity index (χ2n) is 10.0. The van der Waals surface area contributed by atoms with E-state index in [9.17, 15) is 14.8 Å². The highest BCUT2D eigenvalue weighted by Gasteiger charge is 2.35. The van der Waals surface area contributed by atoms with Crippen molar-refractivity contribution in [3.63, 3.8) is 0 Å². The first-order chi connectivity index (χ1) is 18.8. The molecule has 5 aromatic rings. The molecule has 0 bridgehead atoms. The number of fused-ring (bicyclic) bond motifs is 3. The summed E-state index contributed by atoms with van der Waals surface area (Å²) in [6.45, 7) is 4.82. The zero-order valence-electron chi connectivity index (χ0n) is 21.3. The van der Waals surface area contributed by atoms with Crippen LogP contribution in [0.4, 0.5) is 10.2 Å². The standard InChI is InChI=1S/C29H24FN7OS/c1-29(2)16-39-28-34-24-26(35-25(36-27(24)37(28)29)20-12-21(30)15-32-14-20)33-9-8-17-6-7-23(38)22(11-17)19-5-3-4-18(10-19)13-31/h3-7,10-12,14-15,38H,8-9,16H2,1-2H3,(H,33,35,36). The molecule has 4 heterocycles. The first kappa shape index (κ1) is 24.8. The second kappa shape index (κ2) is 9.67. The quantitative estimate of drug-likeness (QED) is 0.281. The van der Waals surface area contributed by atoms with E-state index in [0.29, 0.717) is 52.5 Å². The molecule has 6 rings (SSSR count). The van der Waals surface area contributed by atoms with Crippen molar-refractivity contribution in [2.75, 3.05) is 17.6 Å². The molecule has 0 saturated heterocycles. The van der Waals surface area contributed by atoms with Crippen LogP contribution in [0.3, 0.4) is 0 Å². The Morgan fingerprint density at radius 1 is 1.10 bits per heavy atom. The zero-order valence-corrected chi connectivity index (χ0v) is 22.1. The molecular formula is C29H24FN7OS. The highest BCUT2D eigenvalue weighted by Crippen LogP contribution is 2.41. The molecule has 0 aliphatic carbocycles. The number of hydrogen-bond donors (Lipinski definition) is 2. The number of nitrogens with zero attached hydrogens (tertiary/aromatic N) is 6. The highest BCUT2D eigenvalue weighted by atomic mass is 32.2. The van der Waals surface area contributed by atoms with Crippen LogP contribution in [-0.2, 0) is 12.0 Å². The molecule has 1 aliphatic rings. The lowest BCUT2D eigenvalue weighted by molar-refractivity contribution is 0.404. The molecule has 0 atom stereocenters. The van der Waals surface area contributed by atoms with Crippen molar-refractivity contribution in [3.05, 3.63) is 77.9 Å². The van der Waals surface area contributed by atoms with Gasteiger partial charge < -0.3 is 10.4 Å². The molecule has 1 aliphatic heterocycles. The minimum Gasteiger partial charge on any atom is -0.507 e. The van der Waals surface area contributed by atoms with Crippen LogP contribution in [0.1, 0.15) is 25.0 Å². The molecule has 0 amide bonds. The van der Waals surface area contributed by atoms with Crippen molar-refractivity contribution in [1.82, 2.24) is 24.5 Å². The minimum absolute atomic E-state index is 0.153. The fraction of sp³-hybridized carbons (Fsp3) is 0.207. The number of phenolic OH excluding ortho intramolecular Hbond substituents is 1. The average molecular weight is 538 g/mol. The number of benzene rings is 2. The van der Waals surface area contributed by atoms with E-state index in [1.807, 2.05) is 18.2 Å². The van der Waals surface area contributed by atoms with Crippen LogP contribution in [0.5, 0.6) is 5.75 Å². The van der Waals surface area contributed by atoms with Crippen LogP contribution in [-0.4, -0.2) is 41.9 Å². The van der Waals surface area contributed by atoms with Gasteiger partial charge in [0, 0.05) is 29.6 Å². The van der Waals surface area contributed by atoms with Gasteiger partial charge >= 0.3 is 0 Å². The number of pyridine rings is 1. The Balaban J connectivity index is 1.32. The molecule has 0 saturated carbocycles. The van der Waals surface area contributed by atoms with Crippen LogP contribution in [0.25, 0.3) is 33.7 Å². The lowest BCUT2D eigenvalue weighted by Crippen LogP contribution is -2.24. The summed E-state index contributed by atoms with van der Waals surface area (Å²) < 4.78 is 16.1. The molecule has 194 valence electrons. The monoisotopic (exact) mass is 537 g/mol. The van der Waals surface area contributed by atoms with E-state index in [-0.39, 0.29) is 11.3 Å². The largest absolute Gasteiger partial charge is 0.507 e. The summed E-state index contributed by atoms with van der Waals surface area (Å²) in [6, 6.07) is 16.1. The fourth-order valence-electron chi connectivity index (χ4n) is 4.72. The SMILES string of the molecule is CC1(C)CSc2nc3c(NCCc4ccc(O)c(-c5cccc(C#N)c5)c4)nc(-c4cncc(F)c4)nc3n21. The van der Waals surface area contributed by atoms with Crippen LogP contribution in [0.15, 0.2) is 66.1 Å². The molecule has 39 heavy (non-hydrogen) atoms. The lowest BCUT2D eigenvalue weighted by atomic mass is 9.99. The van der Waals surface area contributed by atoms with Crippen LogP contribution < -0.4 is 5.32 Å². The predicted octanol–water partition coefficient (Wildman–Crippen LogP) is 5.77. The Labute approximate surface area is 228 Å². The van der Waals surface area contributed by atoms with Gasteiger partial charge in [0.05, 0.1) is 23.4 Å². The molecular weight excluding hydrogens is 513 g/mol. The number of imidazole rings is 1. The van der Waals surface area contributed by atoms with Gasteiger partial charge in [-0.1, -0.05) is 30.0 Å². The zero-order chi connectivity index (χ0) is 27.1. The van der Waals surface area contributed by atoms with E-state index < -0.39 is 5.82 Å². The molecule has 3 aromatic heterocycles. The smallest absolute Gasteiger partial charge is 0.171 e. The van der Waals surface area contributed by atoms with Crippen molar-refractivity contribution in [1.29, 1.82) is 5.26 Å². The number of nitriles is 1. The van der Waals surface area contributed by atoms with Crippen LogP contribution in [0.2, 0.25) is 0 Å². The average Bonchev–Trinajstić information content (AvgIpc) is 3.46. The molecule has 2 N–H and O–H groups in total. The molecule has 8 nitrogen and oxygen atoms in total. The summed E-state index contributed by atoms with van der Waals surface area (Å²) in [5, 5.41) is 24.0. The summed E-state index contributed by atoms with van der Waals surface area (Å²) >= 11 is 1.68. The summed E-state index contributed by atoms with van der Waals surface area (Å²) in [7, 11) is 0. The first-order valence-electron chi connectivity index (χ1n) is 12.4. The topological polar surface area (TPSA) is 113 Å². The summed E-state index contributed by atoms with van der Waals surface area (Å²) in [6.07, 6.45) is 3.34. The highest BCUT2D eigenvalue weighted by molar-refractivity contribution is 7.99. The Kier molecular flexibility index (Phi) is 6.16. The van der Waals surface area contributed by atoms with Crippen molar-refractivity contribution >= 4 is 28.7 Å². The third-order valence-corrected chi connectivity index (χ3v) is 8.05. The second-order valence-corrected chi connectivity index (χ2v) is 11.0. The maximum absolute atomic E-state index is 14.0. The van der Waals surface area contributed by atoms with Gasteiger partial charge in [-0.3, -0.25) is 9.55 Å². The Morgan fingerprint density at radius 3 is 2.79 bits per heavy atom. The number of thioether (sulfide) groups is 1. The van der Waals surface area contributed by atoms with Gasteiger partial charge in [-0.25, -0.2) is 19.3 Å². The third-order valence-electron chi connectivity index (χ3n) is 6.67. The molecule has 0 unspecified atom stereocenters. The van der Waals surface area contributed by atoms with Crippen LogP contribution >= 0.6 is 11.8 Å². The van der Waals surface area contributed by atoms with Gasteiger partial charge in [0.15, 0.2) is 28.0 Å². The third kappa shape index (κ3) is 4.66. The number of phenols is 1. The van der Waals surface area contributed by atoms with Crippen molar-refractivity contribution < 1.29 is 9.50 Å². The minimum atomic E-state index is -0.455. The predicted molar refractivity (Wildman–Crippen MR) is 149 cm³/mol. The number of anilines is 1. The van der Waals surface area contributed by atoms with Gasteiger partial charge in [0.1, 0.15) is 11.6 Å². The maximum atomic E-state index is 14.0. The summed E-state index contributed by atoms with van der Waals surface area (Å²) in [4.78, 5) is 18.3. The Bertz CT molecular complexity index is 1780. The Hall–Kier alpha value is -4.49. The van der Waals surface area contributed by atoms with Gasteiger partial charge in [-0.05, 0) is 61.7 Å². The lowest BCUT2D eigenvalue weighted by Gasteiger charge is -2.20. The van der Waals surface area contributed by atoms with Gasteiger partial charge in [-0.2, -0.15) is 5.26 Å². The number of nitrogens with one attached hydrogen (secondary N) is 1. The normalized spacial score (nSPS) is 13.8. The van der Waals surface area contributed by atoms with E-state index >= 15 is 0 Å². The fourth-order valence-corrected chi connectivity index (χ4v) is 5.95. The van der Waals surface area contributed by atoms with Crippen molar-refractivity contribution in [3.8, 4) is 34.3 Å².